The summed E-state index contributed by atoms with van der Waals surface area (Å²) in [7, 11) is 0. The van der Waals surface area contributed by atoms with Gasteiger partial charge in [-0.05, 0) is 87.8 Å². The minimum Gasteiger partial charge on any atom is -0.507 e. The Morgan fingerprint density at radius 1 is 0.548 bits per heavy atom. The van der Waals surface area contributed by atoms with Gasteiger partial charge in [0.25, 0.3) is 0 Å². The van der Waals surface area contributed by atoms with Gasteiger partial charge in [-0.3, -0.25) is 0 Å². The Morgan fingerprint density at radius 3 is 1.26 bits per heavy atom. The smallest absolute Gasteiger partial charge is 0.128 e. The molecule has 0 spiro atoms. The van der Waals surface area contributed by atoms with E-state index in [9.17, 15) is 10.2 Å². The molecule has 218 valence electrons. The monoisotopic (exact) mass is 560 g/mol. The van der Waals surface area contributed by atoms with E-state index >= 15 is 0 Å². The van der Waals surface area contributed by atoms with Crippen LogP contribution < -0.4 is 10.6 Å². The van der Waals surface area contributed by atoms with Crippen molar-refractivity contribution in [1.29, 1.82) is 0 Å². The predicted octanol–water partition coefficient (Wildman–Crippen LogP) is 8.57. The van der Waals surface area contributed by atoms with Crippen LogP contribution in [0.15, 0.2) is 60.7 Å². The van der Waals surface area contributed by atoms with E-state index in [0.717, 1.165) is 68.5 Å². The molecule has 2 aliphatic rings. The first-order chi connectivity index (χ1) is 20.1. The maximum absolute atomic E-state index is 11.9. The normalized spacial score (nSPS) is 22.1. The zero-order valence-corrected chi connectivity index (χ0v) is 25.8. The Bertz CT molecular complexity index is 1490. The molecule has 42 heavy (non-hydrogen) atoms. The van der Waals surface area contributed by atoms with Crippen LogP contribution in [0.1, 0.15) is 82.3 Å². The summed E-state index contributed by atoms with van der Waals surface area (Å²) < 4.78 is 0. The highest BCUT2D eigenvalue weighted by Crippen LogP contribution is 2.47. The molecule has 4 atom stereocenters. The zero-order valence-electron chi connectivity index (χ0n) is 25.8. The van der Waals surface area contributed by atoms with Crippen molar-refractivity contribution in [3.8, 4) is 33.8 Å². The topological polar surface area (TPSA) is 64.5 Å². The zero-order chi connectivity index (χ0) is 29.7. The number of hydrogen-bond donors (Lipinski definition) is 4. The van der Waals surface area contributed by atoms with E-state index in [1.165, 1.54) is 24.0 Å². The van der Waals surface area contributed by atoms with Crippen LogP contribution in [0.5, 0.6) is 11.5 Å². The van der Waals surface area contributed by atoms with Crippen LogP contribution in [0.25, 0.3) is 22.3 Å². The Hall–Kier alpha value is -3.60. The second-order valence-corrected chi connectivity index (χ2v) is 12.8. The van der Waals surface area contributed by atoms with Crippen LogP contribution in [0, 0.1) is 41.5 Å². The second kappa shape index (κ2) is 11.2. The van der Waals surface area contributed by atoms with E-state index in [0.29, 0.717) is 23.6 Å². The highest BCUT2D eigenvalue weighted by atomic mass is 16.3. The minimum absolute atomic E-state index is 0.211. The van der Waals surface area contributed by atoms with Crippen LogP contribution in [-0.4, -0.2) is 22.3 Å². The lowest BCUT2D eigenvalue weighted by Gasteiger charge is -2.46. The number of aryl methyl sites for hydroxylation is 6. The van der Waals surface area contributed by atoms with Gasteiger partial charge in [0, 0.05) is 34.3 Å². The Balaban J connectivity index is 1.49. The molecule has 1 saturated carbocycles. The van der Waals surface area contributed by atoms with Crippen LogP contribution in [0.2, 0.25) is 0 Å². The number of benzene rings is 4. The van der Waals surface area contributed by atoms with Crippen molar-refractivity contribution in [2.24, 2.45) is 0 Å². The molecule has 2 fully saturated rings. The lowest BCUT2D eigenvalue weighted by atomic mass is 9.80. The molecule has 0 amide bonds. The van der Waals surface area contributed by atoms with Gasteiger partial charge >= 0.3 is 0 Å². The van der Waals surface area contributed by atoms with E-state index in [1.54, 1.807) is 0 Å². The number of piperazine rings is 1. The fourth-order valence-corrected chi connectivity index (χ4v) is 7.96. The fraction of sp³-hybridized carbons (Fsp3) is 0.368. The van der Waals surface area contributed by atoms with Crippen LogP contribution >= 0.6 is 0 Å². The van der Waals surface area contributed by atoms with Crippen molar-refractivity contribution in [1.82, 2.24) is 10.6 Å². The van der Waals surface area contributed by atoms with Crippen LogP contribution in [-0.2, 0) is 0 Å². The third-order valence-electron chi connectivity index (χ3n) is 9.58. The number of para-hydroxylation sites is 2. The largest absolute Gasteiger partial charge is 0.507 e. The lowest BCUT2D eigenvalue weighted by molar-refractivity contribution is 0.165. The van der Waals surface area contributed by atoms with Gasteiger partial charge in [-0.1, -0.05) is 84.6 Å². The number of rotatable bonds is 4. The van der Waals surface area contributed by atoms with Gasteiger partial charge in [0.1, 0.15) is 11.5 Å². The molecule has 6 rings (SSSR count). The molecule has 1 aliphatic carbocycles. The molecule has 0 aromatic heterocycles. The van der Waals surface area contributed by atoms with Crippen molar-refractivity contribution in [3.63, 3.8) is 0 Å². The van der Waals surface area contributed by atoms with Crippen LogP contribution in [0.3, 0.4) is 0 Å². The van der Waals surface area contributed by atoms with Crippen molar-refractivity contribution in [3.05, 3.63) is 105 Å². The summed E-state index contributed by atoms with van der Waals surface area (Å²) >= 11 is 0. The van der Waals surface area contributed by atoms with Gasteiger partial charge in [-0.15, -0.1) is 0 Å². The van der Waals surface area contributed by atoms with Gasteiger partial charge in [0.2, 0.25) is 0 Å². The third-order valence-corrected chi connectivity index (χ3v) is 9.58. The maximum atomic E-state index is 11.9. The van der Waals surface area contributed by atoms with Crippen LogP contribution in [0.4, 0.5) is 0 Å². The van der Waals surface area contributed by atoms with Gasteiger partial charge in [0.15, 0.2) is 0 Å². The molecule has 4 aromatic rings. The van der Waals surface area contributed by atoms with Crippen molar-refractivity contribution >= 4 is 0 Å². The average molecular weight is 561 g/mol. The third kappa shape index (κ3) is 5.01. The summed E-state index contributed by atoms with van der Waals surface area (Å²) in [5.74, 6) is 0.624. The van der Waals surface area contributed by atoms with E-state index in [1.807, 2.05) is 24.3 Å². The predicted molar refractivity (Wildman–Crippen MR) is 173 cm³/mol. The highest BCUT2D eigenvalue weighted by molar-refractivity contribution is 5.79. The standard InChI is InChI=1S/C38H44N2O2/c1-21-17-23(3)33(24(4)18-21)27-11-9-13-29(37(27)41)35-36(40-32-16-8-7-15-31(32)39-35)30-14-10-12-28(38(30)42)34-25(5)19-22(2)20-26(34)6/h9-14,17-20,31-32,35-36,39-42H,7-8,15-16H2,1-6H3/t31-,32-,35+,36+/m0/s1. The summed E-state index contributed by atoms with van der Waals surface area (Å²) in [6.45, 7) is 12.7. The number of phenolic OH excluding ortho intramolecular Hbond substituents is 2. The minimum atomic E-state index is -0.211. The maximum Gasteiger partial charge on any atom is 0.128 e. The number of nitrogens with one attached hydrogen (secondary N) is 2. The number of phenols is 2. The highest BCUT2D eigenvalue weighted by Gasteiger charge is 2.41. The molecule has 0 bridgehead atoms. The summed E-state index contributed by atoms with van der Waals surface area (Å²) in [4.78, 5) is 0. The quantitative estimate of drug-likeness (QED) is 0.202. The van der Waals surface area contributed by atoms with E-state index in [4.69, 9.17) is 0 Å². The molecule has 4 N–H and O–H groups in total. The fourth-order valence-electron chi connectivity index (χ4n) is 7.96. The number of fused-ring (bicyclic) bond motifs is 1. The Morgan fingerprint density at radius 2 is 0.905 bits per heavy atom. The molecule has 4 nitrogen and oxygen atoms in total. The van der Waals surface area contributed by atoms with E-state index in [-0.39, 0.29) is 12.1 Å². The molecule has 4 aromatic carbocycles. The van der Waals surface area contributed by atoms with Gasteiger partial charge < -0.3 is 20.8 Å². The molecule has 0 unspecified atom stereocenters. The van der Waals surface area contributed by atoms with Gasteiger partial charge in [0.05, 0.1) is 12.1 Å². The van der Waals surface area contributed by atoms with E-state index < -0.39 is 0 Å². The molecular formula is C38H44N2O2. The number of aromatic hydroxyl groups is 2. The van der Waals surface area contributed by atoms with E-state index in [2.05, 4.69) is 88.6 Å². The molecule has 1 aliphatic heterocycles. The first kappa shape index (κ1) is 28.5. The van der Waals surface area contributed by atoms with Crippen molar-refractivity contribution < 1.29 is 10.2 Å². The first-order valence-electron chi connectivity index (χ1n) is 15.5. The van der Waals surface area contributed by atoms with Gasteiger partial charge in [-0.25, -0.2) is 0 Å². The van der Waals surface area contributed by atoms with Crippen molar-refractivity contribution in [2.45, 2.75) is 91.4 Å². The SMILES string of the molecule is Cc1cc(C)c(-c2cccc([C@H]3N[C@H]4CCCC[C@@H]4N[C@@H]3c3cccc(-c4c(C)cc(C)cc4C)c3O)c2O)c(C)c1. The van der Waals surface area contributed by atoms with Crippen molar-refractivity contribution in [2.75, 3.05) is 0 Å². The number of hydrogen-bond acceptors (Lipinski definition) is 4. The summed E-state index contributed by atoms with van der Waals surface area (Å²) in [6.07, 6.45) is 4.61. The molecule has 1 heterocycles. The first-order valence-corrected chi connectivity index (χ1v) is 15.5. The molecule has 1 saturated heterocycles. The summed E-state index contributed by atoms with van der Waals surface area (Å²) in [5.41, 5.74) is 12.7. The lowest BCUT2D eigenvalue weighted by Crippen LogP contribution is -2.59. The summed E-state index contributed by atoms with van der Waals surface area (Å²) in [6, 6.07) is 21.2. The Labute approximate surface area is 250 Å². The molecular weight excluding hydrogens is 516 g/mol. The average Bonchev–Trinajstić information content (AvgIpc) is 2.93. The second-order valence-electron chi connectivity index (χ2n) is 12.8. The molecule has 0 radical (unpaired) electrons. The Kier molecular flexibility index (Phi) is 7.63. The van der Waals surface area contributed by atoms with Gasteiger partial charge in [-0.2, -0.15) is 0 Å². The summed E-state index contributed by atoms with van der Waals surface area (Å²) in [5, 5.41) is 31.8. The molecule has 4 heteroatoms.